The van der Waals surface area contributed by atoms with Crippen LogP contribution in [0.25, 0.3) is 11.4 Å². The highest BCUT2D eigenvalue weighted by atomic mass is 16.5. The number of rotatable bonds is 6. The molecule has 0 aliphatic carbocycles. The molecule has 8 nitrogen and oxygen atoms in total. The van der Waals surface area contributed by atoms with Crippen molar-refractivity contribution in [2.75, 3.05) is 13.1 Å². The molecule has 0 saturated carbocycles. The first kappa shape index (κ1) is 18.3. The minimum absolute atomic E-state index is 0.125. The molecule has 0 radical (unpaired) electrons. The van der Waals surface area contributed by atoms with Gasteiger partial charge >= 0.3 is 0 Å². The van der Waals surface area contributed by atoms with Crippen molar-refractivity contribution >= 4 is 5.91 Å². The fourth-order valence-corrected chi connectivity index (χ4v) is 3.70. The van der Waals surface area contributed by atoms with Crippen LogP contribution in [-0.4, -0.2) is 48.6 Å². The van der Waals surface area contributed by atoms with Crippen LogP contribution in [0.5, 0.6) is 0 Å². The van der Waals surface area contributed by atoms with E-state index in [2.05, 4.69) is 31.6 Å². The van der Waals surface area contributed by atoms with Crippen LogP contribution in [0.1, 0.15) is 43.8 Å². The van der Waals surface area contributed by atoms with Crippen molar-refractivity contribution in [3.8, 4) is 11.4 Å². The van der Waals surface area contributed by atoms with Crippen LogP contribution in [0.2, 0.25) is 0 Å². The van der Waals surface area contributed by atoms with Gasteiger partial charge in [0.15, 0.2) is 0 Å². The first-order valence-electron chi connectivity index (χ1n) is 9.76. The van der Waals surface area contributed by atoms with Crippen LogP contribution in [0.15, 0.2) is 41.4 Å². The van der Waals surface area contributed by atoms with Crippen LogP contribution in [0.3, 0.4) is 0 Å². The molecule has 1 aliphatic rings. The highest BCUT2D eigenvalue weighted by Gasteiger charge is 2.27. The second-order valence-corrected chi connectivity index (χ2v) is 7.00. The Balaban J connectivity index is 1.34. The van der Waals surface area contributed by atoms with E-state index < -0.39 is 0 Å². The summed E-state index contributed by atoms with van der Waals surface area (Å²) in [7, 11) is 0. The Morgan fingerprint density at radius 1 is 1.36 bits per heavy atom. The molecule has 3 aromatic rings. The Morgan fingerprint density at radius 2 is 2.29 bits per heavy atom. The second-order valence-electron chi connectivity index (χ2n) is 7.00. The van der Waals surface area contributed by atoms with Gasteiger partial charge in [0.1, 0.15) is 5.82 Å². The molecule has 4 heterocycles. The minimum atomic E-state index is 0.125. The van der Waals surface area contributed by atoms with Crippen LogP contribution >= 0.6 is 0 Å². The number of amides is 1. The van der Waals surface area contributed by atoms with Crippen molar-refractivity contribution in [3.05, 3.63) is 48.6 Å². The third kappa shape index (κ3) is 3.95. The number of nitrogens with zero attached hydrogens (tertiary/aromatic N) is 6. The van der Waals surface area contributed by atoms with Gasteiger partial charge in [0.05, 0.1) is 0 Å². The Bertz CT molecular complexity index is 920. The maximum absolute atomic E-state index is 12.7. The van der Waals surface area contributed by atoms with Gasteiger partial charge in [-0.25, -0.2) is 4.98 Å². The monoisotopic (exact) mass is 380 g/mol. The molecule has 3 aromatic heterocycles. The van der Waals surface area contributed by atoms with Gasteiger partial charge in [0.2, 0.25) is 17.6 Å². The maximum atomic E-state index is 12.7. The summed E-state index contributed by atoms with van der Waals surface area (Å²) >= 11 is 0. The molecule has 1 aliphatic heterocycles. The molecular formula is C20H24N6O2. The van der Waals surface area contributed by atoms with Crippen molar-refractivity contribution < 1.29 is 9.32 Å². The molecule has 146 valence electrons. The van der Waals surface area contributed by atoms with E-state index in [-0.39, 0.29) is 5.91 Å². The number of hydrogen-bond donors (Lipinski definition) is 0. The molecule has 28 heavy (non-hydrogen) atoms. The minimum Gasteiger partial charge on any atom is -0.342 e. The number of aryl methyl sites for hydroxylation is 2. The smallest absolute Gasteiger partial charge is 0.227 e. The predicted molar refractivity (Wildman–Crippen MR) is 102 cm³/mol. The average molecular weight is 380 g/mol. The third-order valence-electron chi connectivity index (χ3n) is 5.17. The lowest BCUT2D eigenvalue weighted by molar-refractivity contribution is -0.132. The lowest BCUT2D eigenvalue weighted by atomic mass is 9.96. The van der Waals surface area contributed by atoms with Crippen molar-refractivity contribution in [2.24, 2.45) is 0 Å². The number of aromatic nitrogens is 5. The van der Waals surface area contributed by atoms with Gasteiger partial charge < -0.3 is 14.0 Å². The SMILES string of the molecule is CCn1ccnc1C1CCCN(C(=O)CCc2nc(-c3cccnc3)no2)C1. The van der Waals surface area contributed by atoms with Gasteiger partial charge in [0, 0.05) is 68.7 Å². The number of piperidine rings is 1. The molecule has 0 aromatic carbocycles. The Kier molecular flexibility index (Phi) is 5.45. The molecular weight excluding hydrogens is 356 g/mol. The zero-order valence-electron chi connectivity index (χ0n) is 16.0. The number of imidazole rings is 1. The molecule has 4 rings (SSSR count). The fourth-order valence-electron chi connectivity index (χ4n) is 3.70. The number of carbonyl (C=O) groups excluding carboxylic acids is 1. The van der Waals surface area contributed by atoms with E-state index in [0.717, 1.165) is 43.9 Å². The van der Waals surface area contributed by atoms with E-state index in [1.54, 1.807) is 12.4 Å². The van der Waals surface area contributed by atoms with Crippen LogP contribution in [-0.2, 0) is 17.8 Å². The molecule has 1 atom stereocenters. The molecule has 0 N–H and O–H groups in total. The van der Waals surface area contributed by atoms with Crippen molar-refractivity contribution in [3.63, 3.8) is 0 Å². The molecule has 1 amide bonds. The average Bonchev–Trinajstić information content (AvgIpc) is 3.42. The van der Waals surface area contributed by atoms with E-state index in [4.69, 9.17) is 4.52 Å². The standard InChI is InChI=1S/C20H24N6O2/c1-2-25-12-10-22-20(25)16-6-4-11-26(14-16)18(27)8-7-17-23-19(24-28-17)15-5-3-9-21-13-15/h3,5,9-10,12-13,16H,2,4,6-8,11,14H2,1H3. The van der Waals surface area contributed by atoms with Crippen LogP contribution in [0.4, 0.5) is 0 Å². The topological polar surface area (TPSA) is 89.9 Å². The number of pyridine rings is 1. The highest BCUT2D eigenvalue weighted by molar-refractivity contribution is 5.76. The summed E-state index contributed by atoms with van der Waals surface area (Å²) in [5.74, 6) is 2.48. The van der Waals surface area contributed by atoms with Gasteiger partial charge in [-0.15, -0.1) is 0 Å². The lowest BCUT2D eigenvalue weighted by Crippen LogP contribution is -2.39. The van der Waals surface area contributed by atoms with E-state index in [1.807, 2.05) is 29.4 Å². The largest absolute Gasteiger partial charge is 0.342 e. The van der Waals surface area contributed by atoms with Gasteiger partial charge in [-0.2, -0.15) is 4.98 Å². The Hall–Kier alpha value is -3.03. The van der Waals surface area contributed by atoms with Gasteiger partial charge in [-0.05, 0) is 31.9 Å². The molecule has 1 saturated heterocycles. The fraction of sp³-hybridized carbons (Fsp3) is 0.450. The summed E-state index contributed by atoms with van der Waals surface area (Å²) in [5.41, 5.74) is 0.800. The first-order chi connectivity index (χ1) is 13.7. The summed E-state index contributed by atoms with van der Waals surface area (Å²) in [5, 5.41) is 3.98. The summed E-state index contributed by atoms with van der Waals surface area (Å²) in [6.07, 6.45) is 10.1. The second kappa shape index (κ2) is 8.33. The zero-order chi connectivity index (χ0) is 19.3. The van der Waals surface area contributed by atoms with Crippen molar-refractivity contribution in [1.82, 2.24) is 29.6 Å². The highest BCUT2D eigenvalue weighted by Crippen LogP contribution is 2.26. The summed E-state index contributed by atoms with van der Waals surface area (Å²) in [6, 6.07) is 3.70. The van der Waals surface area contributed by atoms with Gasteiger partial charge in [0.25, 0.3) is 0 Å². The molecule has 0 spiro atoms. The summed E-state index contributed by atoms with van der Waals surface area (Å²) in [6.45, 7) is 4.53. The number of likely N-dealkylation sites (tertiary alicyclic amines) is 1. The molecule has 0 bridgehead atoms. The number of hydrogen-bond acceptors (Lipinski definition) is 6. The molecule has 8 heteroatoms. The molecule has 1 fully saturated rings. The van der Waals surface area contributed by atoms with E-state index in [9.17, 15) is 4.79 Å². The first-order valence-corrected chi connectivity index (χ1v) is 9.76. The third-order valence-corrected chi connectivity index (χ3v) is 5.17. The Morgan fingerprint density at radius 3 is 3.11 bits per heavy atom. The normalized spacial score (nSPS) is 17.0. The van der Waals surface area contributed by atoms with E-state index in [0.29, 0.717) is 30.5 Å². The summed E-state index contributed by atoms with van der Waals surface area (Å²) < 4.78 is 7.46. The maximum Gasteiger partial charge on any atom is 0.227 e. The van der Waals surface area contributed by atoms with Crippen LogP contribution in [0, 0.1) is 0 Å². The van der Waals surface area contributed by atoms with E-state index >= 15 is 0 Å². The number of carbonyl (C=O) groups is 1. The van der Waals surface area contributed by atoms with Gasteiger partial charge in [-0.3, -0.25) is 9.78 Å². The zero-order valence-corrected chi connectivity index (χ0v) is 16.0. The van der Waals surface area contributed by atoms with Crippen LogP contribution < -0.4 is 0 Å². The summed E-state index contributed by atoms with van der Waals surface area (Å²) in [4.78, 5) is 27.6. The Labute approximate surface area is 163 Å². The molecule has 1 unspecified atom stereocenters. The van der Waals surface area contributed by atoms with Crippen molar-refractivity contribution in [1.29, 1.82) is 0 Å². The van der Waals surface area contributed by atoms with Crippen molar-refractivity contribution in [2.45, 2.75) is 45.1 Å². The predicted octanol–water partition coefficient (Wildman–Crippen LogP) is 2.69. The van der Waals surface area contributed by atoms with Gasteiger partial charge in [-0.1, -0.05) is 5.16 Å². The van der Waals surface area contributed by atoms with E-state index in [1.165, 1.54) is 0 Å². The quantitative estimate of drug-likeness (QED) is 0.653. The lowest BCUT2D eigenvalue weighted by Gasteiger charge is -2.32.